The molecule has 0 spiro atoms. The second-order valence-corrected chi connectivity index (χ2v) is 7.89. The molecule has 4 rings (SSSR count). The lowest BCUT2D eigenvalue weighted by Gasteiger charge is -2.14. The van der Waals surface area contributed by atoms with Crippen LogP contribution in [0, 0.1) is 13.8 Å². The van der Waals surface area contributed by atoms with Crippen molar-refractivity contribution in [2.75, 3.05) is 6.61 Å². The molecule has 3 aromatic carbocycles. The fourth-order valence-corrected chi connectivity index (χ4v) is 4.28. The molecule has 1 heterocycles. The molecule has 28 heavy (non-hydrogen) atoms. The molecule has 0 bridgehead atoms. The summed E-state index contributed by atoms with van der Waals surface area (Å²) in [6.07, 6.45) is 0. The predicted octanol–water partition coefficient (Wildman–Crippen LogP) is 6.02. The fraction of sp³-hybridized carbons (Fsp3) is 0.208. The number of hydrogen-bond donors (Lipinski definition) is 0. The minimum Gasteiger partial charge on any atom is -0.491 e. The Balaban J connectivity index is 1.53. The second kappa shape index (κ2) is 8.53. The van der Waals surface area contributed by atoms with Crippen LogP contribution in [0.2, 0.25) is 0 Å². The Hall–Kier alpha value is -2.72. The molecule has 0 unspecified atom stereocenters. The Morgan fingerprint density at radius 1 is 0.857 bits per heavy atom. The summed E-state index contributed by atoms with van der Waals surface area (Å²) < 4.78 is 8.44. The lowest BCUT2D eigenvalue weighted by Crippen LogP contribution is -2.11. The number of nitrogens with zero attached hydrogens (tertiary/aromatic N) is 2. The van der Waals surface area contributed by atoms with Gasteiger partial charge in [-0.3, -0.25) is 0 Å². The van der Waals surface area contributed by atoms with E-state index in [1.54, 1.807) is 0 Å². The third kappa shape index (κ3) is 4.07. The minimum absolute atomic E-state index is 0.620. The van der Waals surface area contributed by atoms with Crippen molar-refractivity contribution in [2.45, 2.75) is 31.0 Å². The molecule has 142 valence electrons. The van der Waals surface area contributed by atoms with Crippen molar-refractivity contribution in [1.82, 2.24) is 9.55 Å². The van der Waals surface area contributed by atoms with E-state index in [0.29, 0.717) is 6.61 Å². The van der Waals surface area contributed by atoms with Gasteiger partial charge in [0.2, 0.25) is 0 Å². The van der Waals surface area contributed by atoms with Gasteiger partial charge in [-0.15, -0.1) is 11.8 Å². The number of rotatable bonds is 7. The molecule has 0 saturated heterocycles. The normalized spacial score (nSPS) is 11.1. The van der Waals surface area contributed by atoms with Crippen LogP contribution in [-0.4, -0.2) is 16.2 Å². The van der Waals surface area contributed by atoms with E-state index < -0.39 is 0 Å². The molecule has 0 amide bonds. The number of aromatic nitrogens is 2. The van der Waals surface area contributed by atoms with Gasteiger partial charge in [0, 0.05) is 4.90 Å². The molecule has 0 atom stereocenters. The number of benzene rings is 3. The summed E-state index contributed by atoms with van der Waals surface area (Å²) in [5.74, 6) is 2.91. The Morgan fingerprint density at radius 3 is 2.36 bits per heavy atom. The Kier molecular flexibility index (Phi) is 5.68. The van der Waals surface area contributed by atoms with E-state index in [4.69, 9.17) is 9.72 Å². The first-order chi connectivity index (χ1) is 13.7. The molecule has 0 aliphatic rings. The second-order valence-electron chi connectivity index (χ2n) is 6.84. The molecule has 0 aliphatic carbocycles. The van der Waals surface area contributed by atoms with Crippen molar-refractivity contribution in [1.29, 1.82) is 0 Å². The summed E-state index contributed by atoms with van der Waals surface area (Å²) in [5, 5.41) is 0. The first-order valence-corrected chi connectivity index (χ1v) is 10.5. The van der Waals surface area contributed by atoms with Crippen LogP contribution in [-0.2, 0) is 12.3 Å². The van der Waals surface area contributed by atoms with Gasteiger partial charge >= 0.3 is 0 Å². The van der Waals surface area contributed by atoms with Crippen molar-refractivity contribution in [3.8, 4) is 5.75 Å². The molecular weight excluding hydrogens is 364 g/mol. The number of para-hydroxylation sites is 3. The van der Waals surface area contributed by atoms with E-state index in [1.165, 1.54) is 16.0 Å². The van der Waals surface area contributed by atoms with Gasteiger partial charge in [0.05, 0.1) is 23.3 Å². The van der Waals surface area contributed by atoms with Crippen molar-refractivity contribution in [2.24, 2.45) is 0 Å². The minimum atomic E-state index is 0.620. The third-order valence-electron chi connectivity index (χ3n) is 4.81. The number of imidazole rings is 1. The smallest absolute Gasteiger partial charge is 0.125 e. The van der Waals surface area contributed by atoms with Gasteiger partial charge in [-0.25, -0.2) is 4.98 Å². The summed E-state index contributed by atoms with van der Waals surface area (Å²) in [6, 6.07) is 25.1. The quantitative estimate of drug-likeness (QED) is 0.362. The van der Waals surface area contributed by atoms with Gasteiger partial charge in [-0.05, 0) is 49.2 Å². The van der Waals surface area contributed by atoms with Crippen LogP contribution < -0.4 is 4.74 Å². The average Bonchev–Trinajstić information content (AvgIpc) is 3.07. The lowest BCUT2D eigenvalue weighted by molar-refractivity contribution is 0.295. The summed E-state index contributed by atoms with van der Waals surface area (Å²) in [4.78, 5) is 6.13. The number of ether oxygens (including phenoxy) is 1. The van der Waals surface area contributed by atoms with Crippen molar-refractivity contribution >= 4 is 22.8 Å². The molecule has 0 N–H and O–H groups in total. The van der Waals surface area contributed by atoms with Crippen LogP contribution in [0.15, 0.2) is 77.7 Å². The van der Waals surface area contributed by atoms with E-state index in [1.807, 2.05) is 23.9 Å². The molecule has 3 nitrogen and oxygen atoms in total. The molecule has 0 aliphatic heterocycles. The molecule has 0 radical (unpaired) electrons. The Morgan fingerprint density at radius 2 is 1.57 bits per heavy atom. The average molecular weight is 389 g/mol. The Labute approximate surface area is 170 Å². The van der Waals surface area contributed by atoms with E-state index in [0.717, 1.165) is 34.9 Å². The van der Waals surface area contributed by atoms with Crippen molar-refractivity contribution < 1.29 is 4.74 Å². The Bertz CT molecular complexity index is 1050. The maximum absolute atomic E-state index is 6.15. The predicted molar refractivity (Wildman–Crippen MR) is 117 cm³/mol. The van der Waals surface area contributed by atoms with Gasteiger partial charge < -0.3 is 9.30 Å². The van der Waals surface area contributed by atoms with E-state index >= 15 is 0 Å². The number of aryl methyl sites for hydroxylation is 2. The highest BCUT2D eigenvalue weighted by Crippen LogP contribution is 2.26. The molecule has 4 heteroatoms. The summed E-state index contributed by atoms with van der Waals surface area (Å²) >= 11 is 1.81. The summed E-state index contributed by atoms with van der Waals surface area (Å²) in [6.45, 7) is 5.59. The van der Waals surface area contributed by atoms with Crippen molar-refractivity contribution in [3.63, 3.8) is 0 Å². The van der Waals surface area contributed by atoms with Crippen LogP contribution in [0.1, 0.15) is 17.0 Å². The van der Waals surface area contributed by atoms with Gasteiger partial charge in [-0.2, -0.15) is 0 Å². The van der Waals surface area contributed by atoms with Crippen LogP contribution in [0.3, 0.4) is 0 Å². The molecule has 4 aromatic rings. The van der Waals surface area contributed by atoms with E-state index in [2.05, 4.69) is 79.1 Å². The van der Waals surface area contributed by atoms with Crippen molar-refractivity contribution in [3.05, 3.63) is 89.7 Å². The summed E-state index contributed by atoms with van der Waals surface area (Å²) in [7, 11) is 0. The highest BCUT2D eigenvalue weighted by molar-refractivity contribution is 7.98. The first kappa shape index (κ1) is 18.6. The highest BCUT2D eigenvalue weighted by Gasteiger charge is 2.11. The maximum Gasteiger partial charge on any atom is 0.125 e. The zero-order valence-electron chi connectivity index (χ0n) is 16.3. The van der Waals surface area contributed by atoms with Gasteiger partial charge in [0.1, 0.15) is 18.2 Å². The zero-order chi connectivity index (χ0) is 19.3. The van der Waals surface area contributed by atoms with Gasteiger partial charge in [0.15, 0.2) is 0 Å². The zero-order valence-corrected chi connectivity index (χ0v) is 17.1. The van der Waals surface area contributed by atoms with Crippen LogP contribution in [0.25, 0.3) is 11.0 Å². The topological polar surface area (TPSA) is 27.1 Å². The van der Waals surface area contributed by atoms with Crippen LogP contribution in [0.5, 0.6) is 5.75 Å². The lowest BCUT2D eigenvalue weighted by atomic mass is 10.1. The first-order valence-electron chi connectivity index (χ1n) is 9.53. The summed E-state index contributed by atoms with van der Waals surface area (Å²) in [5.41, 5.74) is 4.56. The highest BCUT2D eigenvalue weighted by atomic mass is 32.2. The largest absolute Gasteiger partial charge is 0.491 e. The van der Waals surface area contributed by atoms with E-state index in [-0.39, 0.29) is 0 Å². The third-order valence-corrected chi connectivity index (χ3v) is 5.82. The molecular formula is C24H24N2OS. The van der Waals surface area contributed by atoms with E-state index in [9.17, 15) is 0 Å². The van der Waals surface area contributed by atoms with Crippen LogP contribution >= 0.6 is 11.8 Å². The number of hydrogen-bond acceptors (Lipinski definition) is 3. The fourth-order valence-electron chi connectivity index (χ4n) is 3.42. The number of thioether (sulfide) groups is 1. The molecule has 1 aromatic heterocycles. The van der Waals surface area contributed by atoms with Gasteiger partial charge in [0.25, 0.3) is 0 Å². The number of fused-ring (bicyclic) bond motifs is 1. The molecule has 0 saturated carbocycles. The van der Waals surface area contributed by atoms with Crippen LogP contribution in [0.4, 0.5) is 0 Å². The maximum atomic E-state index is 6.15. The molecule has 0 fully saturated rings. The SMILES string of the molecule is Cc1cccc(C)c1OCCn1c(CSc2ccccc2)nc2ccccc21. The monoisotopic (exact) mass is 388 g/mol. The van der Waals surface area contributed by atoms with Gasteiger partial charge in [-0.1, -0.05) is 48.5 Å². The standard InChI is InChI=1S/C24H24N2OS/c1-18-9-8-10-19(2)24(18)27-16-15-26-22-14-7-6-13-21(22)25-23(26)17-28-20-11-4-3-5-12-20/h3-14H,15-17H2,1-2H3.